The quantitative estimate of drug-likeness (QED) is 0.924. The summed E-state index contributed by atoms with van der Waals surface area (Å²) in [7, 11) is 0. The van der Waals surface area contributed by atoms with E-state index in [-0.39, 0.29) is 23.8 Å². The summed E-state index contributed by atoms with van der Waals surface area (Å²) in [4.78, 5) is 3.78. The number of hydrogen-bond acceptors (Lipinski definition) is 3. The van der Waals surface area contributed by atoms with Gasteiger partial charge in [-0.2, -0.15) is 0 Å². The Morgan fingerprint density at radius 1 is 1.31 bits per heavy atom. The molecular weight excluding hydrogens is 282 g/mol. The standard InChI is InChI=1S/C10H7BrF2N2O/c11-5-1-6(12)10(7(13)2-5)8-4-15-9(3-14)16-8/h1-2,4H,3,14H2. The lowest BCUT2D eigenvalue weighted by Gasteiger charge is -2.01. The van der Waals surface area contributed by atoms with Crippen LogP contribution in [-0.4, -0.2) is 4.98 Å². The van der Waals surface area contributed by atoms with Crippen LogP contribution in [0.1, 0.15) is 5.89 Å². The zero-order chi connectivity index (χ0) is 11.7. The Balaban J connectivity index is 2.55. The molecule has 6 heteroatoms. The van der Waals surface area contributed by atoms with E-state index in [4.69, 9.17) is 10.2 Å². The molecule has 3 nitrogen and oxygen atoms in total. The van der Waals surface area contributed by atoms with Crippen LogP contribution < -0.4 is 5.73 Å². The molecule has 1 aromatic heterocycles. The monoisotopic (exact) mass is 288 g/mol. The summed E-state index contributed by atoms with van der Waals surface area (Å²) >= 11 is 2.99. The smallest absolute Gasteiger partial charge is 0.208 e. The third kappa shape index (κ3) is 1.98. The van der Waals surface area contributed by atoms with Crippen LogP contribution in [0.25, 0.3) is 11.3 Å². The van der Waals surface area contributed by atoms with Gasteiger partial charge < -0.3 is 10.2 Å². The van der Waals surface area contributed by atoms with Gasteiger partial charge in [-0.15, -0.1) is 0 Å². The Hall–Kier alpha value is -1.27. The topological polar surface area (TPSA) is 52.0 Å². The normalized spacial score (nSPS) is 10.8. The first-order chi connectivity index (χ1) is 7.61. The van der Waals surface area contributed by atoms with Crippen molar-refractivity contribution in [2.45, 2.75) is 6.54 Å². The summed E-state index contributed by atoms with van der Waals surface area (Å²) in [6, 6.07) is 2.31. The highest BCUT2D eigenvalue weighted by molar-refractivity contribution is 9.10. The summed E-state index contributed by atoms with van der Waals surface area (Å²) in [5.74, 6) is -1.17. The molecular formula is C10H7BrF2N2O. The summed E-state index contributed by atoms with van der Waals surface area (Å²) in [6.07, 6.45) is 1.25. The van der Waals surface area contributed by atoms with Crippen molar-refractivity contribution in [2.24, 2.45) is 5.73 Å². The van der Waals surface area contributed by atoms with Crippen LogP contribution >= 0.6 is 15.9 Å². The zero-order valence-corrected chi connectivity index (χ0v) is 9.59. The minimum atomic E-state index is -0.716. The molecule has 84 valence electrons. The van der Waals surface area contributed by atoms with Gasteiger partial charge in [0.2, 0.25) is 5.89 Å². The molecule has 2 rings (SSSR count). The minimum absolute atomic E-state index is 0.0305. The van der Waals surface area contributed by atoms with E-state index in [1.807, 2.05) is 0 Å². The third-order valence-electron chi connectivity index (χ3n) is 1.98. The molecule has 0 aliphatic rings. The highest BCUT2D eigenvalue weighted by Crippen LogP contribution is 2.29. The Morgan fingerprint density at radius 2 is 1.94 bits per heavy atom. The van der Waals surface area contributed by atoms with Crippen LogP contribution in [0, 0.1) is 11.6 Å². The number of hydrogen-bond donors (Lipinski definition) is 1. The van der Waals surface area contributed by atoms with E-state index in [0.29, 0.717) is 4.47 Å². The van der Waals surface area contributed by atoms with Crippen molar-refractivity contribution in [2.75, 3.05) is 0 Å². The van der Waals surface area contributed by atoms with Gasteiger partial charge in [-0.3, -0.25) is 0 Å². The molecule has 0 fully saturated rings. The van der Waals surface area contributed by atoms with Crippen molar-refractivity contribution in [3.63, 3.8) is 0 Å². The van der Waals surface area contributed by atoms with Crippen molar-refractivity contribution >= 4 is 15.9 Å². The Morgan fingerprint density at radius 3 is 2.44 bits per heavy atom. The van der Waals surface area contributed by atoms with Crippen molar-refractivity contribution in [1.82, 2.24) is 4.98 Å². The van der Waals surface area contributed by atoms with Crippen molar-refractivity contribution < 1.29 is 13.2 Å². The van der Waals surface area contributed by atoms with E-state index in [2.05, 4.69) is 20.9 Å². The van der Waals surface area contributed by atoms with Crippen LogP contribution in [-0.2, 0) is 6.54 Å². The second kappa shape index (κ2) is 4.31. The van der Waals surface area contributed by atoms with Crippen molar-refractivity contribution in [3.05, 3.63) is 40.3 Å². The first-order valence-electron chi connectivity index (χ1n) is 4.41. The molecule has 0 radical (unpaired) electrons. The summed E-state index contributed by atoms with van der Waals surface area (Å²) in [5, 5.41) is 0. The lowest BCUT2D eigenvalue weighted by atomic mass is 10.1. The van der Waals surface area contributed by atoms with Crippen LogP contribution in [0.3, 0.4) is 0 Å². The molecule has 0 aliphatic carbocycles. The number of nitrogens with zero attached hydrogens (tertiary/aromatic N) is 1. The molecule has 0 aliphatic heterocycles. The fraction of sp³-hybridized carbons (Fsp3) is 0.100. The molecule has 0 bridgehead atoms. The Labute approximate surface area is 98.4 Å². The van der Waals surface area contributed by atoms with Gasteiger partial charge in [0.25, 0.3) is 0 Å². The fourth-order valence-corrected chi connectivity index (χ4v) is 1.70. The van der Waals surface area contributed by atoms with Gasteiger partial charge in [-0.1, -0.05) is 15.9 Å². The van der Waals surface area contributed by atoms with Gasteiger partial charge in [-0.05, 0) is 12.1 Å². The SMILES string of the molecule is NCc1ncc(-c2c(F)cc(Br)cc2F)o1. The molecule has 1 heterocycles. The Kier molecular flexibility index (Phi) is 3.02. The Bertz CT molecular complexity index is 504. The second-order valence-electron chi connectivity index (χ2n) is 3.07. The van der Waals surface area contributed by atoms with Gasteiger partial charge in [0.05, 0.1) is 18.3 Å². The first kappa shape index (κ1) is 11.2. The maximum atomic E-state index is 13.5. The highest BCUT2D eigenvalue weighted by atomic mass is 79.9. The molecule has 0 atom stereocenters. The van der Waals surface area contributed by atoms with Gasteiger partial charge in [-0.25, -0.2) is 13.8 Å². The number of benzene rings is 1. The van der Waals surface area contributed by atoms with E-state index in [1.165, 1.54) is 6.20 Å². The van der Waals surface area contributed by atoms with E-state index in [1.54, 1.807) is 0 Å². The number of halogens is 3. The van der Waals surface area contributed by atoms with E-state index < -0.39 is 11.6 Å². The van der Waals surface area contributed by atoms with Crippen molar-refractivity contribution in [1.29, 1.82) is 0 Å². The number of rotatable bonds is 2. The summed E-state index contributed by atoms with van der Waals surface area (Å²) in [5.41, 5.74) is 5.05. The largest absolute Gasteiger partial charge is 0.439 e. The molecule has 0 saturated carbocycles. The number of nitrogens with two attached hydrogens (primary N) is 1. The molecule has 2 aromatic rings. The predicted octanol–water partition coefficient (Wildman–Crippen LogP) is 2.84. The molecule has 1 aromatic carbocycles. The molecule has 2 N–H and O–H groups in total. The fourth-order valence-electron chi connectivity index (χ4n) is 1.30. The highest BCUT2D eigenvalue weighted by Gasteiger charge is 2.16. The average Bonchev–Trinajstić information content (AvgIpc) is 2.64. The predicted molar refractivity (Wildman–Crippen MR) is 57.4 cm³/mol. The molecule has 16 heavy (non-hydrogen) atoms. The maximum absolute atomic E-state index is 13.5. The van der Waals surface area contributed by atoms with Crippen LogP contribution in [0.2, 0.25) is 0 Å². The summed E-state index contributed by atoms with van der Waals surface area (Å²) in [6.45, 7) is 0.0831. The first-order valence-corrected chi connectivity index (χ1v) is 5.21. The third-order valence-corrected chi connectivity index (χ3v) is 2.44. The van der Waals surface area contributed by atoms with Crippen molar-refractivity contribution in [3.8, 4) is 11.3 Å². The van der Waals surface area contributed by atoms with E-state index in [0.717, 1.165) is 12.1 Å². The second-order valence-corrected chi connectivity index (χ2v) is 3.98. The number of aromatic nitrogens is 1. The summed E-state index contributed by atoms with van der Waals surface area (Å²) < 4.78 is 32.5. The minimum Gasteiger partial charge on any atom is -0.439 e. The molecule has 0 spiro atoms. The maximum Gasteiger partial charge on any atom is 0.208 e. The van der Waals surface area contributed by atoms with E-state index >= 15 is 0 Å². The molecule has 0 amide bonds. The molecule has 0 unspecified atom stereocenters. The van der Waals surface area contributed by atoms with Gasteiger partial charge in [0.1, 0.15) is 11.6 Å². The van der Waals surface area contributed by atoms with Gasteiger partial charge in [0.15, 0.2) is 5.76 Å². The van der Waals surface area contributed by atoms with Crippen LogP contribution in [0.15, 0.2) is 27.2 Å². The van der Waals surface area contributed by atoms with Gasteiger partial charge >= 0.3 is 0 Å². The number of oxazole rings is 1. The van der Waals surface area contributed by atoms with Crippen LogP contribution in [0.4, 0.5) is 8.78 Å². The van der Waals surface area contributed by atoms with Gasteiger partial charge in [0, 0.05) is 4.47 Å². The molecule has 0 saturated heterocycles. The van der Waals surface area contributed by atoms with Crippen LogP contribution in [0.5, 0.6) is 0 Å². The van der Waals surface area contributed by atoms with E-state index in [9.17, 15) is 8.78 Å². The zero-order valence-electron chi connectivity index (χ0n) is 8.01. The lowest BCUT2D eigenvalue weighted by molar-refractivity contribution is 0.498. The average molecular weight is 289 g/mol. The lowest BCUT2D eigenvalue weighted by Crippen LogP contribution is -1.95.